The van der Waals surface area contributed by atoms with E-state index in [9.17, 15) is 9.18 Å². The summed E-state index contributed by atoms with van der Waals surface area (Å²) in [6.07, 6.45) is 0. The Morgan fingerprint density at radius 3 is 2.57 bits per heavy atom. The predicted octanol–water partition coefficient (Wildman–Crippen LogP) is 4.44. The largest absolute Gasteiger partial charge is 0.344 e. The van der Waals surface area contributed by atoms with Crippen LogP contribution in [0.15, 0.2) is 60.0 Å². The second-order valence-electron chi connectivity index (χ2n) is 5.12. The van der Waals surface area contributed by atoms with E-state index in [0.29, 0.717) is 11.3 Å². The lowest BCUT2D eigenvalue weighted by Gasteiger charge is -2.14. The van der Waals surface area contributed by atoms with Crippen LogP contribution in [0.2, 0.25) is 0 Å². The minimum atomic E-state index is -0.425. The Morgan fingerprint density at radius 1 is 1.13 bits per heavy atom. The summed E-state index contributed by atoms with van der Waals surface area (Å²) in [7, 11) is 0. The molecule has 1 amide bonds. The van der Waals surface area contributed by atoms with Crippen molar-refractivity contribution in [1.29, 1.82) is 0 Å². The predicted molar refractivity (Wildman–Crippen MR) is 89.8 cm³/mol. The quantitative estimate of drug-likeness (QED) is 0.770. The molecule has 0 aliphatic rings. The highest BCUT2D eigenvalue weighted by molar-refractivity contribution is 7.13. The second-order valence-corrected chi connectivity index (χ2v) is 5.98. The summed E-state index contributed by atoms with van der Waals surface area (Å²) in [5.74, 6) is -0.636. The average Bonchev–Trinajstić information content (AvgIpc) is 3.06. The van der Waals surface area contributed by atoms with Crippen molar-refractivity contribution >= 4 is 17.2 Å². The highest BCUT2D eigenvalue weighted by Crippen LogP contribution is 2.24. The zero-order valence-corrected chi connectivity index (χ0v) is 13.3. The van der Waals surface area contributed by atoms with Gasteiger partial charge in [0, 0.05) is 16.5 Å². The molecule has 0 unspecified atom stereocenters. The number of amides is 1. The molecule has 0 saturated heterocycles. The van der Waals surface area contributed by atoms with Gasteiger partial charge in [-0.2, -0.15) is 0 Å². The molecule has 0 spiro atoms. The number of hydrogen-bond acceptors (Lipinski definition) is 3. The summed E-state index contributed by atoms with van der Waals surface area (Å²) in [6.45, 7) is 1.75. The van der Waals surface area contributed by atoms with Crippen LogP contribution in [0.5, 0.6) is 0 Å². The summed E-state index contributed by atoms with van der Waals surface area (Å²) >= 11 is 1.41. The van der Waals surface area contributed by atoms with Crippen LogP contribution in [-0.4, -0.2) is 10.9 Å². The highest BCUT2D eigenvalue weighted by atomic mass is 32.1. The fraction of sp³-hybridized carbons (Fsp3) is 0.111. The Balaban J connectivity index is 1.74. The monoisotopic (exact) mass is 326 g/mol. The van der Waals surface area contributed by atoms with Gasteiger partial charge in [-0.1, -0.05) is 48.5 Å². The van der Waals surface area contributed by atoms with Crippen LogP contribution in [0.4, 0.5) is 4.39 Å². The normalized spacial score (nSPS) is 11.9. The molecule has 0 bridgehead atoms. The fourth-order valence-corrected chi connectivity index (χ4v) is 3.07. The zero-order valence-electron chi connectivity index (χ0n) is 12.5. The molecule has 0 aliphatic heterocycles. The van der Waals surface area contributed by atoms with Crippen LogP contribution in [-0.2, 0) is 0 Å². The minimum absolute atomic E-state index is 0.306. The third-order valence-electron chi connectivity index (χ3n) is 3.48. The Kier molecular flexibility index (Phi) is 4.48. The van der Waals surface area contributed by atoms with E-state index in [1.54, 1.807) is 30.5 Å². The second kappa shape index (κ2) is 6.71. The SMILES string of the molecule is C[C@@H](NC(=O)c1csc(-c2ccccc2)n1)c1ccccc1F. The molecule has 23 heavy (non-hydrogen) atoms. The molecule has 0 fully saturated rings. The van der Waals surface area contributed by atoms with Gasteiger partial charge in [0.1, 0.15) is 16.5 Å². The first-order valence-electron chi connectivity index (χ1n) is 7.21. The van der Waals surface area contributed by atoms with Crippen molar-refractivity contribution in [2.24, 2.45) is 0 Å². The fourth-order valence-electron chi connectivity index (χ4n) is 2.27. The number of halogens is 1. The van der Waals surface area contributed by atoms with Gasteiger partial charge in [0.05, 0.1) is 6.04 Å². The molecule has 3 nitrogen and oxygen atoms in total. The van der Waals surface area contributed by atoms with Crippen molar-refractivity contribution in [2.45, 2.75) is 13.0 Å². The molecule has 1 atom stereocenters. The molecule has 0 saturated carbocycles. The maximum atomic E-state index is 13.8. The van der Waals surface area contributed by atoms with Gasteiger partial charge in [-0.15, -0.1) is 11.3 Å². The van der Waals surface area contributed by atoms with Gasteiger partial charge in [-0.25, -0.2) is 9.37 Å². The summed E-state index contributed by atoms with van der Waals surface area (Å²) in [5, 5.41) is 5.28. The van der Waals surface area contributed by atoms with E-state index < -0.39 is 6.04 Å². The Morgan fingerprint density at radius 2 is 1.83 bits per heavy atom. The van der Waals surface area contributed by atoms with Crippen LogP contribution < -0.4 is 5.32 Å². The molecule has 5 heteroatoms. The molecular weight excluding hydrogens is 311 g/mol. The highest BCUT2D eigenvalue weighted by Gasteiger charge is 2.17. The number of nitrogens with zero attached hydrogens (tertiary/aromatic N) is 1. The Bertz CT molecular complexity index is 817. The molecule has 1 aromatic heterocycles. The third-order valence-corrected chi connectivity index (χ3v) is 4.37. The van der Waals surface area contributed by atoms with Crippen LogP contribution in [0, 0.1) is 5.82 Å². The number of hydrogen-bond donors (Lipinski definition) is 1. The molecule has 3 rings (SSSR count). The number of nitrogens with one attached hydrogen (secondary N) is 1. The zero-order chi connectivity index (χ0) is 16.2. The Hall–Kier alpha value is -2.53. The van der Waals surface area contributed by atoms with Crippen molar-refractivity contribution in [1.82, 2.24) is 10.3 Å². The van der Waals surface area contributed by atoms with Crippen LogP contribution in [0.3, 0.4) is 0 Å². The third kappa shape index (κ3) is 3.46. The number of benzene rings is 2. The molecule has 116 valence electrons. The van der Waals surface area contributed by atoms with Gasteiger partial charge in [-0.05, 0) is 13.0 Å². The van der Waals surface area contributed by atoms with Crippen molar-refractivity contribution in [3.63, 3.8) is 0 Å². The molecule has 1 N–H and O–H groups in total. The number of rotatable bonds is 4. The minimum Gasteiger partial charge on any atom is -0.344 e. The van der Waals surface area contributed by atoms with Crippen molar-refractivity contribution in [3.05, 3.63) is 77.1 Å². The summed E-state index contributed by atoms with van der Waals surface area (Å²) in [4.78, 5) is 16.7. The van der Waals surface area contributed by atoms with E-state index in [2.05, 4.69) is 10.3 Å². The number of carbonyl (C=O) groups is 1. The lowest BCUT2D eigenvalue weighted by molar-refractivity contribution is 0.0935. The lowest BCUT2D eigenvalue weighted by Crippen LogP contribution is -2.27. The smallest absolute Gasteiger partial charge is 0.271 e. The van der Waals surface area contributed by atoms with Gasteiger partial charge in [0.15, 0.2) is 0 Å². The van der Waals surface area contributed by atoms with Crippen LogP contribution in [0.25, 0.3) is 10.6 Å². The van der Waals surface area contributed by atoms with E-state index in [1.165, 1.54) is 17.4 Å². The number of carbonyl (C=O) groups excluding carboxylic acids is 1. The van der Waals surface area contributed by atoms with Gasteiger partial charge in [0.2, 0.25) is 0 Å². The van der Waals surface area contributed by atoms with Crippen LogP contribution >= 0.6 is 11.3 Å². The van der Waals surface area contributed by atoms with Gasteiger partial charge < -0.3 is 5.32 Å². The molecule has 2 aromatic carbocycles. The number of thiazole rings is 1. The van der Waals surface area contributed by atoms with Crippen molar-refractivity contribution < 1.29 is 9.18 Å². The topological polar surface area (TPSA) is 42.0 Å². The summed E-state index contributed by atoms with van der Waals surface area (Å²) in [5.41, 5.74) is 1.77. The first kappa shape index (κ1) is 15.4. The average molecular weight is 326 g/mol. The first-order valence-corrected chi connectivity index (χ1v) is 8.09. The van der Waals surface area contributed by atoms with E-state index >= 15 is 0 Å². The molecule has 1 heterocycles. The van der Waals surface area contributed by atoms with Crippen molar-refractivity contribution in [2.75, 3.05) is 0 Å². The van der Waals surface area contributed by atoms with E-state index in [4.69, 9.17) is 0 Å². The van der Waals surface area contributed by atoms with E-state index in [1.807, 2.05) is 30.3 Å². The molecular formula is C18H15FN2OS. The van der Waals surface area contributed by atoms with Gasteiger partial charge in [0.25, 0.3) is 5.91 Å². The van der Waals surface area contributed by atoms with Crippen LogP contribution in [0.1, 0.15) is 29.0 Å². The van der Waals surface area contributed by atoms with Crippen molar-refractivity contribution in [3.8, 4) is 10.6 Å². The van der Waals surface area contributed by atoms with E-state index in [0.717, 1.165) is 10.6 Å². The molecule has 0 radical (unpaired) electrons. The van der Waals surface area contributed by atoms with Gasteiger partial charge >= 0.3 is 0 Å². The van der Waals surface area contributed by atoms with Gasteiger partial charge in [-0.3, -0.25) is 4.79 Å². The maximum Gasteiger partial charge on any atom is 0.271 e. The lowest BCUT2D eigenvalue weighted by atomic mass is 10.1. The molecule has 3 aromatic rings. The standard InChI is InChI=1S/C18H15FN2OS/c1-12(14-9-5-6-10-15(14)19)20-17(22)16-11-23-18(21-16)13-7-3-2-4-8-13/h2-12H,1H3,(H,20,22)/t12-/m1/s1. The first-order chi connectivity index (χ1) is 11.1. The summed E-state index contributed by atoms with van der Waals surface area (Å²) in [6, 6.07) is 15.7. The number of aromatic nitrogens is 1. The maximum absolute atomic E-state index is 13.8. The van der Waals surface area contributed by atoms with E-state index in [-0.39, 0.29) is 11.7 Å². The molecule has 0 aliphatic carbocycles. The Labute approximate surface area is 137 Å². The summed E-state index contributed by atoms with van der Waals surface area (Å²) < 4.78 is 13.8.